The normalized spacial score (nSPS) is 13.8. The van der Waals surface area contributed by atoms with Gasteiger partial charge in [-0.1, -0.05) is 18.2 Å². The number of esters is 1. The number of methoxy groups -OCH3 is 3. The molecule has 0 radical (unpaired) electrons. The van der Waals surface area contributed by atoms with E-state index in [2.05, 4.69) is 6.07 Å². The molecule has 39 heavy (non-hydrogen) atoms. The number of para-hydroxylation sites is 2. The molecule has 0 bridgehead atoms. The summed E-state index contributed by atoms with van der Waals surface area (Å²) in [6, 6.07) is 15.8. The molecule has 3 aromatic carbocycles. The van der Waals surface area contributed by atoms with Crippen molar-refractivity contribution in [1.82, 2.24) is 0 Å². The van der Waals surface area contributed by atoms with Crippen LogP contribution >= 0.6 is 0 Å². The number of nitrogens with zero attached hydrogens (tertiary/aromatic N) is 2. The van der Waals surface area contributed by atoms with Gasteiger partial charge in [-0.2, -0.15) is 5.26 Å². The number of fused-ring (bicyclic) bond motifs is 1. The summed E-state index contributed by atoms with van der Waals surface area (Å²) in [6.45, 7) is -0.572. The molecule has 1 aliphatic rings. The Morgan fingerprint density at radius 2 is 1.74 bits per heavy atom. The maximum Gasteiger partial charge on any atom is 0.349 e. The molecular weight excluding hydrogens is 510 g/mol. The summed E-state index contributed by atoms with van der Waals surface area (Å²) < 4.78 is 32.6. The van der Waals surface area contributed by atoms with Crippen LogP contribution < -0.4 is 34.2 Å². The highest BCUT2D eigenvalue weighted by atomic mass is 16.6. The van der Waals surface area contributed by atoms with Crippen molar-refractivity contribution in [2.75, 3.05) is 27.9 Å². The second kappa shape index (κ2) is 11.3. The maximum absolute atomic E-state index is 12.4. The van der Waals surface area contributed by atoms with Crippen LogP contribution in [0.2, 0.25) is 0 Å². The number of benzene rings is 3. The van der Waals surface area contributed by atoms with Crippen molar-refractivity contribution in [3.05, 3.63) is 87.3 Å². The van der Waals surface area contributed by atoms with E-state index in [1.165, 1.54) is 51.7 Å². The Bertz CT molecular complexity index is 1490. The molecule has 0 saturated heterocycles. The lowest BCUT2D eigenvalue weighted by atomic mass is 9.83. The van der Waals surface area contributed by atoms with Gasteiger partial charge in [0.05, 0.1) is 32.2 Å². The van der Waals surface area contributed by atoms with E-state index in [0.717, 1.165) is 0 Å². The third-order valence-electron chi connectivity index (χ3n) is 5.85. The molecule has 1 aliphatic heterocycles. The predicted octanol–water partition coefficient (Wildman–Crippen LogP) is 3.82. The van der Waals surface area contributed by atoms with Crippen LogP contribution in [0.15, 0.2) is 66.1 Å². The Labute approximate surface area is 222 Å². The molecule has 0 saturated carbocycles. The Morgan fingerprint density at radius 1 is 1.05 bits per heavy atom. The fourth-order valence-corrected chi connectivity index (χ4v) is 4.14. The monoisotopic (exact) mass is 533 g/mol. The number of allylic oxidation sites excluding steroid dienone is 1. The maximum atomic E-state index is 12.4. The Morgan fingerprint density at radius 3 is 2.36 bits per heavy atom. The van der Waals surface area contributed by atoms with E-state index in [0.29, 0.717) is 28.4 Å². The molecule has 3 aromatic rings. The van der Waals surface area contributed by atoms with Gasteiger partial charge in [-0.25, -0.2) is 4.79 Å². The topological polar surface area (TPSA) is 165 Å². The number of ether oxygens (including phenoxy) is 6. The van der Waals surface area contributed by atoms with Crippen LogP contribution in [-0.4, -0.2) is 38.8 Å². The van der Waals surface area contributed by atoms with Crippen molar-refractivity contribution < 1.29 is 38.1 Å². The number of hydrogen-bond acceptors (Lipinski definition) is 11. The first-order valence-electron chi connectivity index (χ1n) is 11.4. The van der Waals surface area contributed by atoms with Gasteiger partial charge in [0, 0.05) is 17.7 Å². The third-order valence-corrected chi connectivity index (χ3v) is 5.85. The van der Waals surface area contributed by atoms with Gasteiger partial charge in [-0.3, -0.25) is 10.1 Å². The molecule has 2 N–H and O–H groups in total. The van der Waals surface area contributed by atoms with Gasteiger partial charge in [0.25, 0.3) is 0 Å². The summed E-state index contributed by atoms with van der Waals surface area (Å²) in [5.41, 5.74) is 7.18. The van der Waals surface area contributed by atoms with Gasteiger partial charge < -0.3 is 34.2 Å². The van der Waals surface area contributed by atoms with Crippen molar-refractivity contribution in [2.45, 2.75) is 5.92 Å². The fourth-order valence-electron chi connectivity index (χ4n) is 4.14. The minimum absolute atomic E-state index is 0.0663. The summed E-state index contributed by atoms with van der Waals surface area (Å²) in [5, 5.41) is 21.0. The second-order valence-corrected chi connectivity index (χ2v) is 8.07. The average Bonchev–Trinajstić information content (AvgIpc) is 2.94. The lowest BCUT2D eigenvalue weighted by Crippen LogP contribution is -2.22. The number of rotatable bonds is 9. The van der Waals surface area contributed by atoms with E-state index < -0.39 is 23.4 Å². The molecule has 12 heteroatoms. The van der Waals surface area contributed by atoms with E-state index in [4.69, 9.17) is 34.2 Å². The predicted molar refractivity (Wildman–Crippen MR) is 136 cm³/mol. The Kier molecular flexibility index (Phi) is 7.72. The van der Waals surface area contributed by atoms with Crippen LogP contribution in [0.4, 0.5) is 5.69 Å². The highest BCUT2D eigenvalue weighted by molar-refractivity contribution is 5.74. The SMILES string of the molecule is COc1cc(C2C(C#N)=C(N)Oc3cc(OC(=O)COc4ccccc4[N+](=O)[O-])ccc32)cc(OC)c1OC. The first-order chi connectivity index (χ1) is 18.8. The zero-order chi connectivity index (χ0) is 28.1. The van der Waals surface area contributed by atoms with Gasteiger partial charge in [0.15, 0.2) is 23.9 Å². The number of nitriles is 1. The fraction of sp³-hybridized carbons (Fsp3) is 0.185. The van der Waals surface area contributed by atoms with Crippen molar-refractivity contribution >= 4 is 11.7 Å². The molecule has 4 rings (SSSR count). The van der Waals surface area contributed by atoms with E-state index in [1.807, 2.05) is 0 Å². The quantitative estimate of drug-likeness (QED) is 0.184. The largest absolute Gasteiger partial charge is 0.493 e. The van der Waals surface area contributed by atoms with Crippen molar-refractivity contribution in [3.8, 4) is 40.6 Å². The number of carbonyl (C=O) groups excluding carboxylic acids is 1. The molecular formula is C27H23N3O9. The minimum atomic E-state index is -0.800. The summed E-state index contributed by atoms with van der Waals surface area (Å²) in [4.78, 5) is 22.9. The second-order valence-electron chi connectivity index (χ2n) is 8.07. The highest BCUT2D eigenvalue weighted by Crippen LogP contribution is 2.47. The van der Waals surface area contributed by atoms with Crippen molar-refractivity contribution in [1.29, 1.82) is 5.26 Å². The van der Waals surface area contributed by atoms with Gasteiger partial charge in [0.1, 0.15) is 23.1 Å². The molecule has 0 aliphatic carbocycles. The number of hydrogen-bond donors (Lipinski definition) is 1. The van der Waals surface area contributed by atoms with Crippen LogP contribution in [0, 0.1) is 21.4 Å². The Hall–Kier alpha value is -5.44. The van der Waals surface area contributed by atoms with Gasteiger partial charge in [-0.05, 0) is 29.8 Å². The van der Waals surface area contributed by atoms with Gasteiger partial charge in [-0.15, -0.1) is 0 Å². The number of nitrogens with two attached hydrogens (primary N) is 1. The molecule has 12 nitrogen and oxygen atoms in total. The molecule has 200 valence electrons. The first-order valence-corrected chi connectivity index (χ1v) is 11.4. The van der Waals surface area contributed by atoms with Crippen LogP contribution in [0.3, 0.4) is 0 Å². The van der Waals surface area contributed by atoms with Crippen LogP contribution in [0.5, 0.6) is 34.5 Å². The van der Waals surface area contributed by atoms with Gasteiger partial charge >= 0.3 is 11.7 Å². The summed E-state index contributed by atoms with van der Waals surface area (Å²) >= 11 is 0. The van der Waals surface area contributed by atoms with Gasteiger partial charge in [0.2, 0.25) is 11.6 Å². The highest BCUT2D eigenvalue weighted by Gasteiger charge is 2.32. The van der Waals surface area contributed by atoms with E-state index in [-0.39, 0.29) is 34.4 Å². The standard InChI is InChI=1S/C27H23N3O9/c1-34-22-10-15(11-23(35-2)26(22)36-3)25-17-9-8-16(12-21(17)39-27(29)18(25)13-28)38-24(31)14-37-20-7-5-4-6-19(20)30(32)33/h4-12,25H,14,29H2,1-3H3. The number of nitro groups is 1. The molecule has 1 atom stereocenters. The molecule has 1 heterocycles. The lowest BCUT2D eigenvalue weighted by Gasteiger charge is -2.27. The zero-order valence-corrected chi connectivity index (χ0v) is 21.1. The summed E-state index contributed by atoms with van der Waals surface area (Å²) in [7, 11) is 4.45. The van der Waals surface area contributed by atoms with Crippen LogP contribution in [-0.2, 0) is 4.79 Å². The lowest BCUT2D eigenvalue weighted by molar-refractivity contribution is -0.385. The number of carbonyl (C=O) groups is 1. The molecule has 0 fully saturated rings. The van der Waals surface area contributed by atoms with Crippen molar-refractivity contribution in [2.24, 2.45) is 5.73 Å². The number of nitro benzene ring substituents is 1. The third kappa shape index (κ3) is 5.33. The molecule has 0 amide bonds. The zero-order valence-electron chi connectivity index (χ0n) is 21.1. The van der Waals surface area contributed by atoms with E-state index in [1.54, 1.807) is 24.3 Å². The molecule has 0 aromatic heterocycles. The van der Waals surface area contributed by atoms with Crippen molar-refractivity contribution in [3.63, 3.8) is 0 Å². The smallest absolute Gasteiger partial charge is 0.349 e. The van der Waals surface area contributed by atoms with E-state index >= 15 is 0 Å². The average molecular weight is 533 g/mol. The van der Waals surface area contributed by atoms with E-state index in [9.17, 15) is 20.2 Å². The molecule has 1 unspecified atom stereocenters. The Balaban J connectivity index is 1.62. The summed E-state index contributed by atoms with van der Waals surface area (Å²) in [5.74, 6) is -0.102. The van der Waals surface area contributed by atoms with Crippen LogP contribution in [0.1, 0.15) is 17.0 Å². The minimum Gasteiger partial charge on any atom is -0.493 e. The summed E-state index contributed by atoms with van der Waals surface area (Å²) in [6.07, 6.45) is 0. The molecule has 0 spiro atoms. The first kappa shape index (κ1) is 26.6. The van der Waals surface area contributed by atoms with Crippen LogP contribution in [0.25, 0.3) is 0 Å².